The summed E-state index contributed by atoms with van der Waals surface area (Å²) in [5.41, 5.74) is 1.45. The Morgan fingerprint density at radius 3 is 2.76 bits per heavy atom. The Bertz CT molecular complexity index is 531. The monoisotopic (exact) mass is 251 g/mol. The second kappa shape index (κ2) is 5.15. The van der Waals surface area contributed by atoms with E-state index in [4.69, 9.17) is 16.3 Å². The van der Waals surface area contributed by atoms with E-state index in [2.05, 4.69) is 4.98 Å². The predicted molar refractivity (Wildman–Crippen MR) is 65.0 cm³/mol. The van der Waals surface area contributed by atoms with Gasteiger partial charge in [0.05, 0.1) is 6.20 Å². The first-order valence-corrected chi connectivity index (χ1v) is 5.66. The number of hydrogen-bond donors (Lipinski definition) is 0. The van der Waals surface area contributed by atoms with Crippen LogP contribution in [-0.2, 0) is 5.88 Å². The Morgan fingerprint density at radius 2 is 2.06 bits per heavy atom. The van der Waals surface area contributed by atoms with Crippen molar-refractivity contribution in [2.75, 3.05) is 0 Å². The largest absolute Gasteiger partial charge is 0.456 e. The minimum absolute atomic E-state index is 0.288. The first-order valence-electron chi connectivity index (χ1n) is 5.13. The van der Waals surface area contributed by atoms with E-state index in [9.17, 15) is 4.39 Å². The van der Waals surface area contributed by atoms with Crippen LogP contribution in [0, 0.1) is 12.7 Å². The number of halogens is 2. The highest BCUT2D eigenvalue weighted by molar-refractivity contribution is 6.17. The number of aromatic nitrogens is 1. The van der Waals surface area contributed by atoms with Crippen molar-refractivity contribution in [3.63, 3.8) is 0 Å². The Kier molecular flexibility index (Phi) is 3.59. The number of alkyl halides is 1. The Morgan fingerprint density at radius 1 is 1.24 bits per heavy atom. The molecule has 0 atom stereocenters. The number of ether oxygens (including phenoxy) is 1. The van der Waals surface area contributed by atoms with Gasteiger partial charge in [-0.15, -0.1) is 11.6 Å². The molecule has 2 rings (SSSR count). The molecule has 0 spiro atoms. The van der Waals surface area contributed by atoms with Crippen LogP contribution in [0.25, 0.3) is 0 Å². The SMILES string of the molecule is Cc1ccc(Oc2cncc(CCl)c2)cc1F. The van der Waals surface area contributed by atoms with Crippen LogP contribution in [0.3, 0.4) is 0 Å². The van der Waals surface area contributed by atoms with Crippen LogP contribution in [-0.4, -0.2) is 4.98 Å². The third-order valence-corrected chi connectivity index (χ3v) is 2.61. The van der Waals surface area contributed by atoms with Crippen molar-refractivity contribution in [2.24, 2.45) is 0 Å². The fourth-order valence-electron chi connectivity index (χ4n) is 1.37. The van der Waals surface area contributed by atoms with Crippen molar-refractivity contribution in [2.45, 2.75) is 12.8 Å². The van der Waals surface area contributed by atoms with Gasteiger partial charge in [-0.3, -0.25) is 4.98 Å². The number of benzene rings is 1. The third-order valence-electron chi connectivity index (χ3n) is 2.30. The van der Waals surface area contributed by atoms with Gasteiger partial charge in [-0.05, 0) is 30.2 Å². The summed E-state index contributed by atoms with van der Waals surface area (Å²) >= 11 is 5.69. The number of nitrogens with zero attached hydrogens (tertiary/aromatic N) is 1. The van der Waals surface area contributed by atoms with Crippen molar-refractivity contribution in [1.29, 1.82) is 0 Å². The maximum absolute atomic E-state index is 13.3. The van der Waals surface area contributed by atoms with Gasteiger partial charge in [0.25, 0.3) is 0 Å². The average Bonchev–Trinajstić information content (AvgIpc) is 2.34. The molecule has 88 valence electrons. The molecule has 0 aliphatic heterocycles. The van der Waals surface area contributed by atoms with Gasteiger partial charge in [-0.25, -0.2) is 4.39 Å². The van der Waals surface area contributed by atoms with Crippen LogP contribution in [0.4, 0.5) is 4.39 Å². The first-order chi connectivity index (χ1) is 8.19. The molecule has 0 bridgehead atoms. The molecule has 0 aliphatic rings. The summed E-state index contributed by atoms with van der Waals surface area (Å²) < 4.78 is 18.8. The minimum atomic E-state index is -0.288. The summed E-state index contributed by atoms with van der Waals surface area (Å²) in [6.45, 7) is 1.70. The highest BCUT2D eigenvalue weighted by atomic mass is 35.5. The van der Waals surface area contributed by atoms with Gasteiger partial charge in [0.1, 0.15) is 17.3 Å². The molecule has 0 saturated heterocycles. The zero-order valence-corrected chi connectivity index (χ0v) is 10.0. The van der Waals surface area contributed by atoms with E-state index in [1.165, 1.54) is 6.07 Å². The molecule has 0 unspecified atom stereocenters. The number of pyridine rings is 1. The van der Waals surface area contributed by atoms with Crippen LogP contribution in [0.15, 0.2) is 36.7 Å². The van der Waals surface area contributed by atoms with Gasteiger partial charge < -0.3 is 4.74 Å². The van der Waals surface area contributed by atoms with Crippen LogP contribution in [0.5, 0.6) is 11.5 Å². The maximum atomic E-state index is 13.3. The standard InChI is InChI=1S/C13H11ClFNO/c1-9-2-3-11(5-13(9)15)17-12-4-10(6-14)7-16-8-12/h2-5,7-8H,6H2,1H3. The van der Waals surface area contributed by atoms with Crippen molar-refractivity contribution >= 4 is 11.6 Å². The van der Waals surface area contributed by atoms with E-state index in [-0.39, 0.29) is 5.82 Å². The second-order valence-corrected chi connectivity index (χ2v) is 3.94. The highest BCUT2D eigenvalue weighted by Gasteiger charge is 2.02. The zero-order chi connectivity index (χ0) is 12.3. The lowest BCUT2D eigenvalue weighted by atomic mass is 10.2. The Labute approximate surface area is 104 Å². The smallest absolute Gasteiger partial charge is 0.146 e. The number of aryl methyl sites for hydroxylation is 1. The molecular formula is C13H11ClFNO. The zero-order valence-electron chi connectivity index (χ0n) is 9.28. The molecule has 0 saturated carbocycles. The maximum Gasteiger partial charge on any atom is 0.146 e. The topological polar surface area (TPSA) is 22.1 Å². The van der Waals surface area contributed by atoms with E-state index in [1.807, 2.05) is 0 Å². The molecular weight excluding hydrogens is 241 g/mol. The Balaban J connectivity index is 2.22. The van der Waals surface area contributed by atoms with E-state index in [1.54, 1.807) is 37.5 Å². The summed E-state index contributed by atoms with van der Waals surface area (Å²) in [6.07, 6.45) is 3.23. The van der Waals surface area contributed by atoms with Crippen LogP contribution in [0.2, 0.25) is 0 Å². The molecule has 1 aromatic heterocycles. The molecule has 4 heteroatoms. The highest BCUT2D eigenvalue weighted by Crippen LogP contribution is 2.23. The quantitative estimate of drug-likeness (QED) is 0.768. The second-order valence-electron chi connectivity index (χ2n) is 3.68. The molecule has 2 aromatic rings. The first kappa shape index (κ1) is 11.9. The number of hydrogen-bond acceptors (Lipinski definition) is 2. The van der Waals surface area contributed by atoms with Gasteiger partial charge in [0.15, 0.2) is 0 Å². The fraction of sp³-hybridized carbons (Fsp3) is 0.154. The summed E-state index contributed by atoms with van der Waals surface area (Å²) in [4.78, 5) is 3.99. The lowest BCUT2D eigenvalue weighted by molar-refractivity contribution is 0.473. The Hall–Kier alpha value is -1.61. The molecule has 17 heavy (non-hydrogen) atoms. The molecule has 0 N–H and O–H groups in total. The van der Waals surface area contributed by atoms with Crippen LogP contribution < -0.4 is 4.74 Å². The molecule has 2 nitrogen and oxygen atoms in total. The van der Waals surface area contributed by atoms with Crippen molar-refractivity contribution in [1.82, 2.24) is 4.98 Å². The summed E-state index contributed by atoms with van der Waals surface area (Å²) in [5.74, 6) is 1.07. The van der Waals surface area contributed by atoms with Gasteiger partial charge in [0.2, 0.25) is 0 Å². The van der Waals surface area contributed by atoms with Crippen LogP contribution >= 0.6 is 11.6 Å². The van der Waals surface area contributed by atoms with E-state index in [0.717, 1.165) is 5.56 Å². The van der Waals surface area contributed by atoms with Crippen molar-refractivity contribution < 1.29 is 9.13 Å². The lowest BCUT2D eigenvalue weighted by Crippen LogP contribution is -1.89. The van der Waals surface area contributed by atoms with Gasteiger partial charge in [-0.2, -0.15) is 0 Å². The normalized spacial score (nSPS) is 10.3. The molecule has 0 aliphatic carbocycles. The fourth-order valence-corrected chi connectivity index (χ4v) is 1.51. The minimum Gasteiger partial charge on any atom is -0.456 e. The van der Waals surface area contributed by atoms with E-state index >= 15 is 0 Å². The van der Waals surface area contributed by atoms with Gasteiger partial charge >= 0.3 is 0 Å². The molecule has 0 radical (unpaired) electrons. The molecule has 1 heterocycles. The average molecular weight is 252 g/mol. The molecule has 1 aromatic carbocycles. The van der Waals surface area contributed by atoms with Crippen molar-refractivity contribution in [3.05, 3.63) is 53.6 Å². The summed E-state index contributed by atoms with van der Waals surface area (Å²) in [5, 5.41) is 0. The molecule has 0 amide bonds. The predicted octanol–water partition coefficient (Wildman–Crippen LogP) is 4.06. The summed E-state index contributed by atoms with van der Waals surface area (Å²) in [7, 11) is 0. The van der Waals surface area contributed by atoms with E-state index in [0.29, 0.717) is 22.9 Å². The van der Waals surface area contributed by atoms with Crippen molar-refractivity contribution in [3.8, 4) is 11.5 Å². The van der Waals surface area contributed by atoms with Gasteiger partial charge in [0, 0.05) is 18.1 Å². The van der Waals surface area contributed by atoms with Crippen LogP contribution in [0.1, 0.15) is 11.1 Å². The van der Waals surface area contributed by atoms with Gasteiger partial charge in [-0.1, -0.05) is 6.07 Å². The summed E-state index contributed by atoms with van der Waals surface area (Å²) in [6, 6.07) is 6.51. The number of rotatable bonds is 3. The van der Waals surface area contributed by atoms with E-state index < -0.39 is 0 Å². The third kappa shape index (κ3) is 2.94. The molecule has 0 fully saturated rings. The lowest BCUT2D eigenvalue weighted by Gasteiger charge is -2.07.